The maximum absolute atomic E-state index is 11.9. The molecule has 1 N–H and O–H groups in total. The molecule has 1 atom stereocenters. The van der Waals surface area contributed by atoms with Crippen molar-refractivity contribution in [2.45, 2.75) is 31.6 Å². The summed E-state index contributed by atoms with van der Waals surface area (Å²) in [6, 6.07) is 10.1. The van der Waals surface area contributed by atoms with Crippen LogP contribution in [0.5, 0.6) is 0 Å². The summed E-state index contributed by atoms with van der Waals surface area (Å²) in [7, 11) is 0. The van der Waals surface area contributed by atoms with Crippen LogP contribution in [-0.4, -0.2) is 35.0 Å². The van der Waals surface area contributed by atoms with Gasteiger partial charge in [0.25, 0.3) is 0 Å². The number of carboxylic acids is 1. The summed E-state index contributed by atoms with van der Waals surface area (Å²) in [5.41, 5.74) is 1.14. The van der Waals surface area contributed by atoms with Gasteiger partial charge in [0.1, 0.15) is 0 Å². The Morgan fingerprint density at radius 2 is 2.05 bits per heavy atom. The van der Waals surface area contributed by atoms with Crippen LogP contribution in [0.15, 0.2) is 30.3 Å². The highest BCUT2D eigenvalue weighted by Gasteiger charge is 2.36. The minimum absolute atomic E-state index is 0.0105. The van der Waals surface area contributed by atoms with Crippen LogP contribution in [0.4, 0.5) is 0 Å². The molecule has 1 aromatic carbocycles. The second-order valence-electron chi connectivity index (χ2n) is 5.39. The van der Waals surface area contributed by atoms with E-state index in [-0.39, 0.29) is 17.7 Å². The fraction of sp³-hybridized carbons (Fsp3) is 0.467. The standard InChI is InChI=1S/C15H19NO3/c1-15(12-5-3-2-4-6-12)9-7-13(17)16(11-15)10-8-14(18)19/h2-6H,7-11H2,1H3,(H,18,19)/t15-/m0/s1. The largest absolute Gasteiger partial charge is 0.481 e. The molecule has 4 heteroatoms. The van der Waals surface area contributed by atoms with Crippen molar-refractivity contribution in [3.05, 3.63) is 35.9 Å². The van der Waals surface area contributed by atoms with E-state index in [4.69, 9.17) is 5.11 Å². The van der Waals surface area contributed by atoms with Crippen molar-refractivity contribution in [2.24, 2.45) is 0 Å². The average molecular weight is 261 g/mol. The van der Waals surface area contributed by atoms with Gasteiger partial charge in [-0.2, -0.15) is 0 Å². The van der Waals surface area contributed by atoms with E-state index in [9.17, 15) is 9.59 Å². The van der Waals surface area contributed by atoms with E-state index in [0.717, 1.165) is 6.42 Å². The molecule has 0 saturated carbocycles. The summed E-state index contributed by atoms with van der Waals surface area (Å²) < 4.78 is 0. The molecule has 0 aliphatic carbocycles. The van der Waals surface area contributed by atoms with Gasteiger partial charge in [-0.05, 0) is 12.0 Å². The van der Waals surface area contributed by atoms with Crippen molar-refractivity contribution in [2.75, 3.05) is 13.1 Å². The van der Waals surface area contributed by atoms with Gasteiger partial charge < -0.3 is 10.0 Å². The molecule has 2 rings (SSSR count). The van der Waals surface area contributed by atoms with Crippen LogP contribution in [-0.2, 0) is 15.0 Å². The molecule has 0 bridgehead atoms. The van der Waals surface area contributed by atoms with Crippen LogP contribution in [0.25, 0.3) is 0 Å². The molecule has 1 aliphatic rings. The van der Waals surface area contributed by atoms with Gasteiger partial charge in [-0.15, -0.1) is 0 Å². The van der Waals surface area contributed by atoms with Gasteiger partial charge in [0.2, 0.25) is 5.91 Å². The number of carbonyl (C=O) groups excluding carboxylic acids is 1. The van der Waals surface area contributed by atoms with E-state index >= 15 is 0 Å². The number of amides is 1. The topological polar surface area (TPSA) is 57.6 Å². The molecule has 0 aromatic heterocycles. The van der Waals surface area contributed by atoms with Gasteiger partial charge in [0, 0.05) is 24.9 Å². The van der Waals surface area contributed by atoms with E-state index in [0.29, 0.717) is 19.5 Å². The quantitative estimate of drug-likeness (QED) is 0.902. The summed E-state index contributed by atoms with van der Waals surface area (Å²) in [6.45, 7) is 3.04. The van der Waals surface area contributed by atoms with Crippen molar-refractivity contribution in [3.8, 4) is 0 Å². The van der Waals surface area contributed by atoms with Crippen LogP contribution in [0.3, 0.4) is 0 Å². The number of likely N-dealkylation sites (tertiary alicyclic amines) is 1. The van der Waals surface area contributed by atoms with Crippen LogP contribution in [0, 0.1) is 0 Å². The minimum atomic E-state index is -0.861. The molecule has 4 nitrogen and oxygen atoms in total. The van der Waals surface area contributed by atoms with E-state index in [1.807, 2.05) is 18.2 Å². The number of rotatable bonds is 4. The number of hydrogen-bond donors (Lipinski definition) is 1. The molecule has 102 valence electrons. The molecule has 19 heavy (non-hydrogen) atoms. The molecule has 0 radical (unpaired) electrons. The number of hydrogen-bond acceptors (Lipinski definition) is 2. The normalized spacial score (nSPS) is 23.4. The van der Waals surface area contributed by atoms with E-state index in [2.05, 4.69) is 19.1 Å². The van der Waals surface area contributed by atoms with Gasteiger partial charge in [-0.3, -0.25) is 9.59 Å². The second-order valence-corrected chi connectivity index (χ2v) is 5.39. The lowest BCUT2D eigenvalue weighted by atomic mass is 9.75. The van der Waals surface area contributed by atoms with Crippen LogP contribution < -0.4 is 0 Å². The summed E-state index contributed by atoms with van der Waals surface area (Å²) in [6.07, 6.45) is 1.32. The summed E-state index contributed by atoms with van der Waals surface area (Å²) in [5.74, 6) is -0.797. The van der Waals surface area contributed by atoms with Crippen molar-refractivity contribution in [1.82, 2.24) is 4.90 Å². The number of benzene rings is 1. The molecular formula is C15H19NO3. The fourth-order valence-corrected chi connectivity index (χ4v) is 2.64. The molecule has 1 saturated heterocycles. The molecule has 1 heterocycles. The second kappa shape index (κ2) is 5.43. The first-order valence-electron chi connectivity index (χ1n) is 6.56. The maximum atomic E-state index is 11.9. The Bertz CT molecular complexity index is 472. The average Bonchev–Trinajstić information content (AvgIpc) is 2.41. The van der Waals surface area contributed by atoms with Gasteiger partial charge in [0.15, 0.2) is 0 Å². The third kappa shape index (κ3) is 3.13. The lowest BCUT2D eigenvalue weighted by molar-refractivity contribution is -0.140. The Morgan fingerprint density at radius 3 is 2.68 bits per heavy atom. The third-order valence-electron chi connectivity index (χ3n) is 3.85. The zero-order valence-electron chi connectivity index (χ0n) is 11.1. The summed E-state index contributed by atoms with van der Waals surface area (Å²) in [4.78, 5) is 24.2. The van der Waals surface area contributed by atoms with Crippen LogP contribution in [0.2, 0.25) is 0 Å². The maximum Gasteiger partial charge on any atom is 0.305 e. The van der Waals surface area contributed by atoms with Gasteiger partial charge in [-0.25, -0.2) is 0 Å². The molecular weight excluding hydrogens is 242 g/mol. The smallest absolute Gasteiger partial charge is 0.305 e. The van der Waals surface area contributed by atoms with Gasteiger partial charge >= 0.3 is 5.97 Å². The van der Waals surface area contributed by atoms with Crippen molar-refractivity contribution in [1.29, 1.82) is 0 Å². The lowest BCUT2D eigenvalue weighted by Gasteiger charge is -2.40. The molecule has 0 unspecified atom stereocenters. The molecule has 1 amide bonds. The first-order valence-corrected chi connectivity index (χ1v) is 6.56. The molecule has 1 aromatic rings. The predicted molar refractivity (Wildman–Crippen MR) is 71.9 cm³/mol. The van der Waals surface area contributed by atoms with Crippen molar-refractivity contribution in [3.63, 3.8) is 0 Å². The Hall–Kier alpha value is -1.84. The number of piperidine rings is 1. The number of aliphatic carboxylic acids is 1. The molecule has 1 fully saturated rings. The predicted octanol–water partition coefficient (Wildman–Crippen LogP) is 2.04. The van der Waals surface area contributed by atoms with Gasteiger partial charge in [-0.1, -0.05) is 37.3 Å². The molecule has 1 aliphatic heterocycles. The van der Waals surface area contributed by atoms with Crippen LogP contribution >= 0.6 is 0 Å². The zero-order chi connectivity index (χ0) is 13.9. The highest BCUT2D eigenvalue weighted by molar-refractivity contribution is 5.78. The van der Waals surface area contributed by atoms with E-state index < -0.39 is 5.97 Å². The Morgan fingerprint density at radius 1 is 1.37 bits per heavy atom. The number of carbonyl (C=O) groups is 2. The van der Waals surface area contributed by atoms with Crippen molar-refractivity contribution >= 4 is 11.9 Å². The Kier molecular flexibility index (Phi) is 3.88. The number of carboxylic acid groups (broad SMARTS) is 1. The van der Waals surface area contributed by atoms with Crippen molar-refractivity contribution < 1.29 is 14.7 Å². The number of nitrogens with zero attached hydrogens (tertiary/aromatic N) is 1. The highest BCUT2D eigenvalue weighted by Crippen LogP contribution is 2.33. The zero-order valence-corrected chi connectivity index (χ0v) is 11.1. The van der Waals surface area contributed by atoms with E-state index in [1.165, 1.54) is 5.56 Å². The summed E-state index contributed by atoms with van der Waals surface area (Å²) >= 11 is 0. The molecule has 0 spiro atoms. The lowest BCUT2D eigenvalue weighted by Crippen LogP contribution is -2.48. The Labute approximate surface area is 113 Å². The third-order valence-corrected chi connectivity index (χ3v) is 3.85. The fourth-order valence-electron chi connectivity index (χ4n) is 2.64. The van der Waals surface area contributed by atoms with Crippen LogP contribution in [0.1, 0.15) is 31.7 Å². The monoisotopic (exact) mass is 261 g/mol. The Balaban J connectivity index is 2.12. The highest BCUT2D eigenvalue weighted by atomic mass is 16.4. The first-order chi connectivity index (χ1) is 9.01. The minimum Gasteiger partial charge on any atom is -0.481 e. The van der Waals surface area contributed by atoms with E-state index in [1.54, 1.807) is 4.90 Å². The first kappa shape index (κ1) is 13.6. The summed E-state index contributed by atoms with van der Waals surface area (Å²) in [5, 5.41) is 8.74. The van der Waals surface area contributed by atoms with Gasteiger partial charge in [0.05, 0.1) is 6.42 Å². The SMILES string of the molecule is C[C@]1(c2ccccc2)CCC(=O)N(CCC(=O)O)C1.